The minimum atomic E-state index is -1.68. The Kier molecular flexibility index (Phi) is 19.2. The van der Waals surface area contributed by atoms with Crippen LogP contribution in [-0.4, -0.2) is 135 Å². The zero-order chi connectivity index (χ0) is 44.0. The summed E-state index contributed by atoms with van der Waals surface area (Å²) in [7, 11) is 0. The highest BCUT2D eigenvalue weighted by molar-refractivity contribution is 6.39. The molecule has 1 unspecified atom stereocenters. The third kappa shape index (κ3) is 14.6. The van der Waals surface area contributed by atoms with E-state index in [1.54, 1.807) is 42.5 Å². The number of anilines is 2. The fraction of sp³-hybridized carbons (Fsp3) is 0.526. The summed E-state index contributed by atoms with van der Waals surface area (Å²) in [5.74, 6) is -4.79. The third-order valence-corrected chi connectivity index (χ3v) is 9.95. The summed E-state index contributed by atoms with van der Waals surface area (Å²) in [5.41, 5.74) is 13.3. The van der Waals surface area contributed by atoms with Crippen molar-refractivity contribution >= 4 is 70.1 Å². The number of primary amides is 1. The monoisotopic (exact) mass is 869 g/mol. The van der Waals surface area contributed by atoms with Gasteiger partial charge in [-0.3, -0.25) is 24.0 Å². The van der Waals surface area contributed by atoms with Gasteiger partial charge in [0.15, 0.2) is 6.29 Å². The summed E-state index contributed by atoms with van der Waals surface area (Å²) in [6.07, 6.45) is -7.54. The van der Waals surface area contributed by atoms with Crippen LogP contribution < -0.4 is 32.7 Å². The first kappa shape index (κ1) is 48.8. The van der Waals surface area contributed by atoms with Gasteiger partial charge in [-0.2, -0.15) is 0 Å². The molecule has 2 aromatic carbocycles. The summed E-state index contributed by atoms with van der Waals surface area (Å²) in [5, 5.41) is 52.2. The Labute approximate surface area is 351 Å². The maximum absolute atomic E-state index is 13.3. The van der Waals surface area contributed by atoms with Crippen LogP contribution in [0.3, 0.4) is 0 Å². The molecule has 9 atom stereocenters. The van der Waals surface area contributed by atoms with Crippen LogP contribution in [-0.2, 0) is 44.7 Å². The molecule has 0 aliphatic carbocycles. The number of aliphatic carboxylic acids is 1. The molecule has 2 aromatic rings. The molecule has 1 saturated heterocycles. The highest BCUT2D eigenvalue weighted by atomic mass is 35.5. The molecule has 0 spiro atoms. The van der Waals surface area contributed by atoms with Crippen molar-refractivity contribution in [1.82, 2.24) is 20.9 Å². The van der Waals surface area contributed by atoms with Crippen LogP contribution in [0.1, 0.15) is 52.0 Å². The molecule has 59 heavy (non-hydrogen) atoms. The average molecular weight is 871 g/mol. The number of aliphatic hydroxyl groups is 3. The van der Waals surface area contributed by atoms with Gasteiger partial charge in [0.25, 0.3) is 0 Å². The van der Waals surface area contributed by atoms with Gasteiger partial charge in [-0.15, -0.1) is 0 Å². The van der Waals surface area contributed by atoms with Crippen LogP contribution in [0.15, 0.2) is 42.5 Å². The summed E-state index contributed by atoms with van der Waals surface area (Å²) in [6.45, 7) is 3.02. The van der Waals surface area contributed by atoms with Gasteiger partial charge < -0.3 is 67.5 Å². The van der Waals surface area contributed by atoms with Crippen LogP contribution in [0.5, 0.6) is 0 Å². The Morgan fingerprint density at radius 1 is 0.983 bits per heavy atom. The lowest BCUT2D eigenvalue weighted by atomic mass is 9.96. The van der Waals surface area contributed by atoms with Gasteiger partial charge in [-0.25, -0.2) is 4.79 Å². The van der Waals surface area contributed by atoms with Crippen LogP contribution in [0.2, 0.25) is 10.0 Å². The molecule has 0 aromatic heterocycles. The normalized spacial score (nSPS) is 20.9. The molecule has 0 saturated carbocycles. The zero-order valence-electron chi connectivity index (χ0n) is 32.8. The van der Waals surface area contributed by atoms with Crippen molar-refractivity contribution in [2.75, 3.05) is 25.0 Å². The average Bonchev–Trinajstić information content (AvgIpc) is 3.16. The minimum absolute atomic E-state index is 0.0128. The number of carbonyl (C=O) groups excluding carboxylic acids is 5. The van der Waals surface area contributed by atoms with Gasteiger partial charge in [0.2, 0.25) is 29.5 Å². The lowest BCUT2D eigenvalue weighted by molar-refractivity contribution is -0.268. The van der Waals surface area contributed by atoms with E-state index in [0.29, 0.717) is 27.0 Å². The predicted molar refractivity (Wildman–Crippen MR) is 215 cm³/mol. The second-order valence-electron chi connectivity index (χ2n) is 14.1. The Bertz CT molecular complexity index is 1770. The maximum Gasteiger partial charge on any atom is 0.326 e. The van der Waals surface area contributed by atoms with E-state index >= 15 is 0 Å². The number of aliphatic hydroxyl groups excluding tert-OH is 3. The van der Waals surface area contributed by atoms with E-state index in [2.05, 4.69) is 21.3 Å². The second-order valence-corrected chi connectivity index (χ2v) is 14.9. The highest BCUT2D eigenvalue weighted by Gasteiger charge is 2.46. The minimum Gasteiger partial charge on any atom is -0.480 e. The summed E-state index contributed by atoms with van der Waals surface area (Å²) in [6, 6.07) is 6.92. The van der Waals surface area contributed by atoms with Gasteiger partial charge in [-0.05, 0) is 56.9 Å². The first-order valence-corrected chi connectivity index (χ1v) is 19.6. The fourth-order valence-corrected chi connectivity index (χ4v) is 6.91. The molecule has 326 valence electrons. The molecule has 1 fully saturated rings. The molecular formula is C38H53Cl2N7O12. The molecule has 5 amide bonds. The van der Waals surface area contributed by atoms with Crippen molar-refractivity contribution < 1.29 is 58.7 Å². The molecule has 0 bridgehead atoms. The largest absolute Gasteiger partial charge is 0.480 e. The number of nitrogens with two attached hydrogens (primary N) is 2. The zero-order valence-corrected chi connectivity index (χ0v) is 34.3. The molecule has 0 radical (unpaired) electrons. The van der Waals surface area contributed by atoms with Crippen molar-refractivity contribution in [2.24, 2.45) is 11.5 Å². The number of benzene rings is 2. The lowest BCUT2D eigenvalue weighted by Gasteiger charge is -2.44. The number of ether oxygens (including phenoxy) is 2. The van der Waals surface area contributed by atoms with Gasteiger partial charge >= 0.3 is 5.97 Å². The van der Waals surface area contributed by atoms with E-state index in [0.717, 1.165) is 11.8 Å². The quantitative estimate of drug-likeness (QED) is 0.0692. The number of carboxylic acids is 1. The molecular weight excluding hydrogens is 817 g/mol. The Hall–Kier alpha value is -4.60. The van der Waals surface area contributed by atoms with E-state index in [1.807, 2.05) is 0 Å². The summed E-state index contributed by atoms with van der Waals surface area (Å²) < 4.78 is 11.1. The van der Waals surface area contributed by atoms with E-state index in [4.69, 9.17) is 44.1 Å². The number of halogens is 2. The summed E-state index contributed by atoms with van der Waals surface area (Å²) in [4.78, 5) is 76.7. The van der Waals surface area contributed by atoms with Crippen molar-refractivity contribution in [2.45, 2.75) is 108 Å². The number of hydrogen-bond donors (Lipinski definition) is 10. The van der Waals surface area contributed by atoms with Crippen LogP contribution in [0, 0.1) is 0 Å². The lowest BCUT2D eigenvalue weighted by Crippen LogP contribution is -2.65. The number of nitrogens with zero attached hydrogens (tertiary/aromatic N) is 1. The Morgan fingerprint density at radius 2 is 1.64 bits per heavy atom. The molecule has 12 N–H and O–H groups in total. The van der Waals surface area contributed by atoms with Crippen molar-refractivity contribution in [3.63, 3.8) is 0 Å². The van der Waals surface area contributed by atoms with E-state index in [1.165, 1.54) is 13.8 Å². The Balaban J connectivity index is 1.58. The molecule has 1 aliphatic rings. The molecule has 21 heteroatoms. The smallest absolute Gasteiger partial charge is 0.326 e. The van der Waals surface area contributed by atoms with Crippen molar-refractivity contribution in [1.29, 1.82) is 0 Å². The topological polar surface area (TPSA) is 305 Å². The number of hydrogen-bond acceptors (Lipinski definition) is 13. The van der Waals surface area contributed by atoms with Crippen molar-refractivity contribution in [3.8, 4) is 0 Å². The number of carbonyl (C=O) groups is 6. The molecule has 3 rings (SSSR count). The number of carboxylic acid groups (broad SMARTS) is 1. The van der Waals surface area contributed by atoms with Crippen LogP contribution >= 0.6 is 23.2 Å². The van der Waals surface area contributed by atoms with Gasteiger partial charge in [0.1, 0.15) is 36.4 Å². The van der Waals surface area contributed by atoms with E-state index in [-0.39, 0.29) is 44.7 Å². The van der Waals surface area contributed by atoms with Crippen LogP contribution in [0.25, 0.3) is 0 Å². The number of amides is 5. The number of rotatable bonds is 22. The first-order chi connectivity index (χ1) is 27.8. The number of nitrogens with one attached hydrogen (secondary N) is 4. The van der Waals surface area contributed by atoms with E-state index in [9.17, 15) is 49.2 Å². The SMILES string of the molecule is CC(=O)N[C@@H]1[C@@H](OC(C)CN(C(=O)[C@H](C)N)[C@H](CCC(=O)N[C@@H](CCCNC(=O)Cc2ccccc2Nc2c(Cl)cccc2Cl)C(=O)O)C(N)=O)[C@H](O)[C@@H](CO)O[C@@H]1O. The third-order valence-electron chi connectivity index (χ3n) is 9.32. The number of para-hydroxylation sites is 2. The predicted octanol–water partition coefficient (Wildman–Crippen LogP) is -0.0960. The van der Waals surface area contributed by atoms with Crippen molar-refractivity contribution in [3.05, 3.63) is 58.1 Å². The first-order valence-electron chi connectivity index (χ1n) is 18.8. The van der Waals surface area contributed by atoms with E-state index < -0.39 is 97.5 Å². The molecule has 1 heterocycles. The fourth-order valence-electron chi connectivity index (χ4n) is 6.42. The standard InChI is InChI=1S/C38H53Cl2N7O12/c1-19(58-34-32(44-21(3)49)38(57)59-28(18-48)33(34)52)17-47(36(54)20(2)41)27(35(42)53)13-14-29(50)45-26(37(55)56)12-7-15-43-30(51)16-22-8-4-5-11-25(22)46-31-23(39)9-6-10-24(31)40/h4-6,8-11,19-20,26-28,32-34,38,46,48,52,57H,7,12-18,41H2,1-3H3,(H2,42,53)(H,43,51)(H,44,49)(H,45,50)(H,55,56)/t19?,20-,26-,27+,28+,32+,33+,34+,38-/m0/s1. The highest BCUT2D eigenvalue weighted by Crippen LogP contribution is 2.33. The summed E-state index contributed by atoms with van der Waals surface area (Å²) >= 11 is 12.6. The second kappa shape index (κ2) is 23.3. The van der Waals surface area contributed by atoms with Crippen LogP contribution in [0.4, 0.5) is 11.4 Å². The van der Waals surface area contributed by atoms with Gasteiger partial charge in [0, 0.05) is 32.1 Å². The van der Waals surface area contributed by atoms with Gasteiger partial charge in [-0.1, -0.05) is 47.5 Å². The maximum atomic E-state index is 13.3. The molecule has 19 nitrogen and oxygen atoms in total. The Morgan fingerprint density at radius 3 is 2.24 bits per heavy atom. The van der Waals surface area contributed by atoms with Gasteiger partial charge in [0.05, 0.1) is 40.9 Å². The molecule has 1 aliphatic heterocycles.